The molecule has 0 spiro atoms. The minimum Gasteiger partial charge on any atom is -0.403 e. The lowest BCUT2D eigenvalue weighted by Gasteiger charge is -2.03. The van der Waals surface area contributed by atoms with Crippen LogP contribution in [0, 0.1) is 0 Å². The van der Waals surface area contributed by atoms with Crippen LogP contribution < -0.4 is 0 Å². The van der Waals surface area contributed by atoms with E-state index in [4.69, 9.17) is 0 Å². The number of halogens is 4. The molecule has 88 valence electrons. The molecule has 0 radical (unpaired) electrons. The van der Waals surface area contributed by atoms with E-state index in [2.05, 4.69) is 9.47 Å². The molecule has 0 aliphatic heterocycles. The van der Waals surface area contributed by atoms with E-state index >= 15 is 0 Å². The summed E-state index contributed by atoms with van der Waals surface area (Å²) in [6, 6.07) is 0. The third-order valence-electron chi connectivity index (χ3n) is 1.20. The van der Waals surface area contributed by atoms with Gasteiger partial charge in [-0.15, -0.1) is 0 Å². The largest absolute Gasteiger partial charge is 0.403 e. The summed E-state index contributed by atoms with van der Waals surface area (Å²) in [4.78, 5) is 20.9. The number of ether oxygens (including phenoxy) is 2. The normalized spacial score (nSPS) is 10.5. The van der Waals surface area contributed by atoms with Gasteiger partial charge in [0, 0.05) is 12.8 Å². The number of hydrogen-bond acceptors (Lipinski definition) is 4. The van der Waals surface area contributed by atoms with Crippen molar-refractivity contribution >= 4 is 11.9 Å². The van der Waals surface area contributed by atoms with E-state index in [0.717, 1.165) is 0 Å². The Kier molecular flexibility index (Phi) is 6.39. The number of alkyl halides is 4. The first kappa shape index (κ1) is 13.7. The van der Waals surface area contributed by atoms with Gasteiger partial charge in [0.05, 0.1) is 0 Å². The van der Waals surface area contributed by atoms with Crippen LogP contribution in [0.1, 0.15) is 19.3 Å². The second kappa shape index (κ2) is 7.02. The van der Waals surface area contributed by atoms with Gasteiger partial charge in [-0.05, 0) is 6.42 Å². The van der Waals surface area contributed by atoms with Crippen LogP contribution in [0.5, 0.6) is 0 Å². The topological polar surface area (TPSA) is 52.6 Å². The van der Waals surface area contributed by atoms with Gasteiger partial charge in [-0.2, -0.15) is 17.6 Å². The van der Waals surface area contributed by atoms with Crippen molar-refractivity contribution < 1.29 is 36.6 Å². The van der Waals surface area contributed by atoms with Crippen molar-refractivity contribution in [1.29, 1.82) is 0 Å². The molecule has 0 aromatic carbocycles. The van der Waals surface area contributed by atoms with Gasteiger partial charge in [0.15, 0.2) is 0 Å². The van der Waals surface area contributed by atoms with Crippen LogP contribution >= 0.6 is 0 Å². The van der Waals surface area contributed by atoms with Crippen molar-refractivity contribution in [2.75, 3.05) is 0 Å². The first-order chi connectivity index (χ1) is 6.91. The lowest BCUT2D eigenvalue weighted by atomic mass is 10.2. The maximum absolute atomic E-state index is 11.4. The molecular weight excluding hydrogens is 224 g/mol. The minimum absolute atomic E-state index is 0.183. The zero-order valence-corrected chi connectivity index (χ0v) is 7.42. The maximum Gasteiger partial charge on any atom is 0.389 e. The number of carbonyl (C=O) groups excluding carboxylic acids is 2. The molecule has 0 saturated heterocycles. The Hall–Kier alpha value is -1.34. The Labute approximate surface area is 82.1 Å². The molecule has 0 unspecified atom stereocenters. The molecule has 4 nitrogen and oxygen atoms in total. The Bertz CT molecular complexity index is 197. The average Bonchev–Trinajstić information content (AvgIpc) is 2.00. The standard InChI is InChI=1S/C7H8F4O4/c8-6(9)14-4(12)2-1-3-5(13)15-7(10)11/h6-7H,1-3H2. The second-order valence-corrected chi connectivity index (χ2v) is 2.35. The fraction of sp³-hybridized carbons (Fsp3) is 0.714. The van der Waals surface area contributed by atoms with Gasteiger partial charge in [-0.3, -0.25) is 9.59 Å². The third kappa shape index (κ3) is 8.98. The monoisotopic (exact) mass is 232 g/mol. The van der Waals surface area contributed by atoms with Crippen LogP contribution in [0.4, 0.5) is 17.6 Å². The fourth-order valence-corrected chi connectivity index (χ4v) is 0.694. The summed E-state index contributed by atoms with van der Waals surface area (Å²) < 4.78 is 52.5. The lowest BCUT2D eigenvalue weighted by Crippen LogP contribution is -2.12. The van der Waals surface area contributed by atoms with Crippen LogP contribution in [0.15, 0.2) is 0 Å². The van der Waals surface area contributed by atoms with Crippen molar-refractivity contribution in [3.05, 3.63) is 0 Å². The molecular formula is C7H8F4O4. The van der Waals surface area contributed by atoms with Gasteiger partial charge < -0.3 is 9.47 Å². The predicted octanol–water partition coefficient (Wildman–Crippen LogP) is 1.69. The molecule has 0 aliphatic carbocycles. The van der Waals surface area contributed by atoms with Crippen molar-refractivity contribution in [2.45, 2.75) is 32.5 Å². The van der Waals surface area contributed by atoms with E-state index in [1.54, 1.807) is 0 Å². The highest BCUT2D eigenvalue weighted by atomic mass is 19.3. The van der Waals surface area contributed by atoms with Gasteiger partial charge >= 0.3 is 25.2 Å². The number of hydrogen-bond donors (Lipinski definition) is 0. The fourth-order valence-electron chi connectivity index (χ4n) is 0.694. The molecule has 0 fully saturated rings. The number of carbonyl (C=O) groups is 2. The Morgan fingerprint density at radius 1 is 0.867 bits per heavy atom. The highest BCUT2D eigenvalue weighted by Crippen LogP contribution is 2.05. The molecule has 0 aliphatic rings. The number of rotatable bonds is 6. The zero-order valence-electron chi connectivity index (χ0n) is 7.42. The van der Waals surface area contributed by atoms with E-state index in [9.17, 15) is 27.2 Å². The smallest absolute Gasteiger partial charge is 0.389 e. The van der Waals surface area contributed by atoms with E-state index in [-0.39, 0.29) is 6.42 Å². The first-order valence-electron chi connectivity index (χ1n) is 3.87. The summed E-state index contributed by atoms with van der Waals surface area (Å²) in [5, 5.41) is 0. The van der Waals surface area contributed by atoms with E-state index < -0.39 is 38.0 Å². The predicted molar refractivity (Wildman–Crippen MR) is 38.0 cm³/mol. The van der Waals surface area contributed by atoms with Crippen molar-refractivity contribution in [2.24, 2.45) is 0 Å². The molecule has 0 aromatic rings. The van der Waals surface area contributed by atoms with Gasteiger partial charge in [0.1, 0.15) is 0 Å². The summed E-state index contributed by atoms with van der Waals surface area (Å²) in [6.07, 6.45) is -1.09. The third-order valence-corrected chi connectivity index (χ3v) is 1.20. The molecule has 8 heteroatoms. The number of esters is 2. The van der Waals surface area contributed by atoms with Gasteiger partial charge in [-0.1, -0.05) is 0 Å². The average molecular weight is 232 g/mol. The SMILES string of the molecule is O=C(CCCC(=O)OC(F)F)OC(F)F. The van der Waals surface area contributed by atoms with Crippen molar-refractivity contribution in [3.63, 3.8) is 0 Å². The summed E-state index contributed by atoms with van der Waals surface area (Å²) in [5.41, 5.74) is 0. The minimum atomic E-state index is -3.22. The van der Waals surface area contributed by atoms with Gasteiger partial charge in [0.25, 0.3) is 0 Å². The Morgan fingerprint density at radius 2 is 1.20 bits per heavy atom. The van der Waals surface area contributed by atoms with Gasteiger partial charge in [-0.25, -0.2) is 0 Å². The summed E-state index contributed by atoms with van der Waals surface area (Å²) in [6.45, 7) is -6.43. The summed E-state index contributed by atoms with van der Waals surface area (Å²) in [7, 11) is 0. The van der Waals surface area contributed by atoms with E-state index in [1.165, 1.54) is 0 Å². The Morgan fingerprint density at radius 3 is 1.47 bits per heavy atom. The van der Waals surface area contributed by atoms with Gasteiger partial charge in [0.2, 0.25) is 0 Å². The quantitative estimate of drug-likeness (QED) is 0.516. The molecule has 0 heterocycles. The molecule has 0 saturated carbocycles. The maximum atomic E-state index is 11.4. The van der Waals surface area contributed by atoms with E-state index in [0.29, 0.717) is 0 Å². The molecule has 15 heavy (non-hydrogen) atoms. The van der Waals surface area contributed by atoms with Crippen LogP contribution in [-0.2, 0) is 19.1 Å². The first-order valence-corrected chi connectivity index (χ1v) is 3.87. The summed E-state index contributed by atoms with van der Waals surface area (Å²) >= 11 is 0. The van der Waals surface area contributed by atoms with Crippen LogP contribution in [0.2, 0.25) is 0 Å². The van der Waals surface area contributed by atoms with E-state index in [1.807, 2.05) is 0 Å². The Balaban J connectivity index is 3.53. The molecule has 0 bridgehead atoms. The molecule has 0 rings (SSSR count). The molecule has 0 aromatic heterocycles. The molecule has 0 N–H and O–H groups in total. The van der Waals surface area contributed by atoms with Crippen molar-refractivity contribution in [1.82, 2.24) is 0 Å². The van der Waals surface area contributed by atoms with Crippen LogP contribution in [0.25, 0.3) is 0 Å². The molecule has 0 atom stereocenters. The zero-order chi connectivity index (χ0) is 11.8. The second-order valence-electron chi connectivity index (χ2n) is 2.35. The summed E-state index contributed by atoms with van der Waals surface area (Å²) in [5.74, 6) is -2.40. The molecule has 0 amide bonds. The van der Waals surface area contributed by atoms with Crippen LogP contribution in [0.3, 0.4) is 0 Å². The van der Waals surface area contributed by atoms with Crippen molar-refractivity contribution in [3.8, 4) is 0 Å². The highest BCUT2D eigenvalue weighted by molar-refractivity contribution is 5.72. The highest BCUT2D eigenvalue weighted by Gasteiger charge is 2.13. The van der Waals surface area contributed by atoms with Crippen LogP contribution in [-0.4, -0.2) is 25.2 Å². The lowest BCUT2D eigenvalue weighted by molar-refractivity contribution is -0.177.